The Morgan fingerprint density at radius 3 is 2.57 bits per heavy atom. The molecule has 0 saturated carbocycles. The van der Waals surface area contributed by atoms with Crippen LogP contribution >= 0.6 is 11.3 Å². The third-order valence-corrected chi connectivity index (χ3v) is 7.06. The molecular formula is C22H24N2O3S. The van der Waals surface area contributed by atoms with Gasteiger partial charge in [0.05, 0.1) is 0 Å². The van der Waals surface area contributed by atoms with Gasteiger partial charge in [-0.3, -0.25) is 4.79 Å². The molecule has 0 saturated heterocycles. The summed E-state index contributed by atoms with van der Waals surface area (Å²) in [5, 5.41) is 9.39. The predicted molar refractivity (Wildman–Crippen MR) is 108 cm³/mol. The molecule has 1 N–H and O–H groups in total. The van der Waals surface area contributed by atoms with Gasteiger partial charge in [-0.2, -0.15) is 0 Å². The van der Waals surface area contributed by atoms with Crippen molar-refractivity contribution in [2.45, 2.75) is 58.8 Å². The lowest BCUT2D eigenvalue weighted by atomic mass is 9.76. The van der Waals surface area contributed by atoms with Crippen LogP contribution in [0.15, 0.2) is 29.6 Å². The topological polar surface area (TPSA) is 80.2 Å². The zero-order valence-corrected chi connectivity index (χ0v) is 17.1. The number of thiophene rings is 1. The third kappa shape index (κ3) is 3.53. The monoisotopic (exact) mass is 396 g/mol. The van der Waals surface area contributed by atoms with E-state index >= 15 is 0 Å². The lowest BCUT2D eigenvalue weighted by molar-refractivity contribution is -0.133. The SMILES string of the molecule is CC1(C)CCc2sc(CC(=O)C3=C(C(=O)O)CCC3)c(-c3ncccn3)c2C1. The quantitative estimate of drug-likeness (QED) is 0.810. The highest BCUT2D eigenvalue weighted by atomic mass is 32.1. The van der Waals surface area contributed by atoms with E-state index in [1.165, 1.54) is 10.4 Å². The fraction of sp³-hybridized carbons (Fsp3) is 0.455. The maximum Gasteiger partial charge on any atom is 0.331 e. The van der Waals surface area contributed by atoms with Crippen molar-refractivity contribution >= 4 is 23.1 Å². The summed E-state index contributed by atoms with van der Waals surface area (Å²) in [6.45, 7) is 4.55. The molecule has 28 heavy (non-hydrogen) atoms. The molecule has 2 aromatic heterocycles. The van der Waals surface area contributed by atoms with Crippen LogP contribution in [0.25, 0.3) is 11.4 Å². The maximum absolute atomic E-state index is 13.0. The normalized spacial score (nSPS) is 18.2. The Bertz CT molecular complexity index is 973. The highest BCUT2D eigenvalue weighted by Crippen LogP contribution is 2.45. The smallest absolute Gasteiger partial charge is 0.331 e. The number of aryl methyl sites for hydroxylation is 1. The second kappa shape index (κ2) is 7.24. The van der Waals surface area contributed by atoms with Crippen LogP contribution < -0.4 is 0 Å². The van der Waals surface area contributed by atoms with Crippen molar-refractivity contribution in [2.75, 3.05) is 0 Å². The molecule has 2 aromatic rings. The Kier molecular flexibility index (Phi) is 4.91. The number of carbonyl (C=O) groups excluding carboxylic acids is 1. The van der Waals surface area contributed by atoms with Crippen molar-refractivity contribution in [3.05, 3.63) is 44.9 Å². The highest BCUT2D eigenvalue weighted by molar-refractivity contribution is 7.12. The molecule has 0 fully saturated rings. The molecular weight excluding hydrogens is 372 g/mol. The van der Waals surface area contributed by atoms with E-state index in [2.05, 4.69) is 23.8 Å². The van der Waals surface area contributed by atoms with Gasteiger partial charge in [0, 0.05) is 45.3 Å². The number of carbonyl (C=O) groups is 2. The molecule has 0 amide bonds. The number of hydrogen-bond acceptors (Lipinski definition) is 5. The van der Waals surface area contributed by atoms with E-state index in [-0.39, 0.29) is 17.6 Å². The van der Waals surface area contributed by atoms with Crippen LogP contribution in [-0.4, -0.2) is 26.8 Å². The van der Waals surface area contributed by atoms with E-state index in [0.29, 0.717) is 29.8 Å². The van der Waals surface area contributed by atoms with Crippen LogP contribution in [0, 0.1) is 5.41 Å². The maximum atomic E-state index is 13.0. The summed E-state index contributed by atoms with van der Waals surface area (Å²) in [6, 6.07) is 1.79. The third-order valence-electron chi connectivity index (χ3n) is 5.77. The van der Waals surface area contributed by atoms with E-state index in [9.17, 15) is 14.7 Å². The average molecular weight is 397 g/mol. The molecule has 0 spiro atoms. The average Bonchev–Trinajstić information content (AvgIpc) is 3.26. The van der Waals surface area contributed by atoms with Crippen LogP contribution in [0.5, 0.6) is 0 Å². The van der Waals surface area contributed by atoms with Gasteiger partial charge in [-0.1, -0.05) is 13.8 Å². The lowest BCUT2D eigenvalue weighted by Crippen LogP contribution is -2.21. The van der Waals surface area contributed by atoms with Crippen molar-refractivity contribution in [1.29, 1.82) is 0 Å². The Morgan fingerprint density at radius 2 is 1.86 bits per heavy atom. The van der Waals surface area contributed by atoms with E-state index in [1.54, 1.807) is 29.8 Å². The van der Waals surface area contributed by atoms with E-state index in [0.717, 1.165) is 36.1 Å². The standard InChI is InChI=1S/C22H24N2O3S/c1-22(2)8-7-17-15(12-22)19(20-23-9-4-10-24-20)18(28-17)11-16(25)13-5-3-6-14(13)21(26)27/h4,9-10H,3,5-8,11-12H2,1-2H3,(H,26,27). The zero-order chi connectivity index (χ0) is 19.9. The van der Waals surface area contributed by atoms with Crippen LogP contribution in [-0.2, 0) is 28.9 Å². The molecule has 5 nitrogen and oxygen atoms in total. The van der Waals surface area contributed by atoms with Gasteiger partial charge in [-0.15, -0.1) is 11.3 Å². The molecule has 146 valence electrons. The largest absolute Gasteiger partial charge is 0.478 e. The van der Waals surface area contributed by atoms with Gasteiger partial charge in [0.2, 0.25) is 0 Å². The van der Waals surface area contributed by atoms with Crippen molar-refractivity contribution in [3.8, 4) is 11.4 Å². The van der Waals surface area contributed by atoms with Crippen molar-refractivity contribution in [2.24, 2.45) is 5.41 Å². The Balaban J connectivity index is 1.76. The second-order valence-electron chi connectivity index (χ2n) is 8.43. The van der Waals surface area contributed by atoms with Crippen LogP contribution in [0.3, 0.4) is 0 Å². The molecule has 0 aromatic carbocycles. The van der Waals surface area contributed by atoms with Crippen LogP contribution in [0.2, 0.25) is 0 Å². The van der Waals surface area contributed by atoms with E-state index in [4.69, 9.17) is 0 Å². The second-order valence-corrected chi connectivity index (χ2v) is 9.62. The molecule has 4 rings (SSSR count). The summed E-state index contributed by atoms with van der Waals surface area (Å²) >= 11 is 1.68. The minimum absolute atomic E-state index is 0.0649. The summed E-state index contributed by atoms with van der Waals surface area (Å²) in [5.74, 6) is -0.357. The van der Waals surface area contributed by atoms with Gasteiger partial charge in [0.15, 0.2) is 11.6 Å². The molecule has 2 heterocycles. The van der Waals surface area contributed by atoms with Crippen molar-refractivity contribution in [3.63, 3.8) is 0 Å². The molecule has 2 aliphatic carbocycles. The fourth-order valence-corrected chi connectivity index (χ4v) is 5.65. The Hall–Kier alpha value is -2.34. The Labute approximate surface area is 168 Å². The number of rotatable bonds is 5. The number of ketones is 1. The number of allylic oxidation sites excluding steroid dienone is 1. The molecule has 0 atom stereocenters. The number of Topliss-reactive ketones (excluding diaryl/α,β-unsaturated/α-hetero) is 1. The van der Waals surface area contributed by atoms with Crippen molar-refractivity contribution in [1.82, 2.24) is 9.97 Å². The summed E-state index contributed by atoms with van der Waals surface area (Å²) in [6.07, 6.45) is 8.56. The molecule has 6 heteroatoms. The number of fused-ring (bicyclic) bond motifs is 1. The van der Waals surface area contributed by atoms with Crippen LogP contribution in [0.1, 0.15) is 54.8 Å². The first-order chi connectivity index (χ1) is 13.4. The first-order valence-corrected chi connectivity index (χ1v) is 10.6. The minimum atomic E-state index is -0.959. The van der Waals surface area contributed by atoms with Gasteiger partial charge in [-0.25, -0.2) is 14.8 Å². The Morgan fingerprint density at radius 1 is 1.14 bits per heavy atom. The molecule has 0 bridgehead atoms. The number of nitrogens with zero attached hydrogens (tertiary/aromatic N) is 2. The van der Waals surface area contributed by atoms with E-state index in [1.807, 2.05) is 0 Å². The van der Waals surface area contributed by atoms with Crippen molar-refractivity contribution < 1.29 is 14.7 Å². The number of carboxylic acids is 1. The van der Waals surface area contributed by atoms with Gasteiger partial charge in [0.1, 0.15) is 0 Å². The van der Waals surface area contributed by atoms with Crippen LogP contribution in [0.4, 0.5) is 0 Å². The predicted octanol–water partition coefficient (Wildman–Crippen LogP) is 4.40. The van der Waals surface area contributed by atoms with Gasteiger partial charge in [-0.05, 0) is 55.6 Å². The van der Waals surface area contributed by atoms with E-state index < -0.39 is 5.97 Å². The van der Waals surface area contributed by atoms with Gasteiger partial charge >= 0.3 is 5.97 Å². The van der Waals surface area contributed by atoms with Gasteiger partial charge < -0.3 is 5.11 Å². The minimum Gasteiger partial charge on any atom is -0.478 e. The fourth-order valence-electron chi connectivity index (χ4n) is 4.33. The lowest BCUT2D eigenvalue weighted by Gasteiger charge is -2.29. The number of aromatic nitrogens is 2. The number of carboxylic acid groups (broad SMARTS) is 1. The van der Waals surface area contributed by atoms with Gasteiger partial charge in [0.25, 0.3) is 0 Å². The summed E-state index contributed by atoms with van der Waals surface area (Å²) in [4.78, 5) is 35.7. The zero-order valence-electron chi connectivity index (χ0n) is 16.2. The molecule has 2 aliphatic rings. The number of hydrogen-bond donors (Lipinski definition) is 1. The molecule has 0 radical (unpaired) electrons. The number of aliphatic carboxylic acids is 1. The molecule has 0 aliphatic heterocycles. The first kappa shape index (κ1) is 19.0. The summed E-state index contributed by atoms with van der Waals surface area (Å²) in [5.41, 5.74) is 3.28. The highest BCUT2D eigenvalue weighted by Gasteiger charge is 2.33. The molecule has 0 unspecified atom stereocenters. The summed E-state index contributed by atoms with van der Waals surface area (Å²) < 4.78 is 0. The first-order valence-electron chi connectivity index (χ1n) is 9.75. The summed E-state index contributed by atoms with van der Waals surface area (Å²) in [7, 11) is 0.